The molecule has 6 nitrogen and oxygen atoms in total. The molecule has 88 valence electrons. The highest BCUT2D eigenvalue weighted by Gasteiger charge is 2.31. The van der Waals surface area contributed by atoms with Crippen molar-refractivity contribution in [3.05, 3.63) is 24.0 Å². The average Bonchev–Trinajstić information content (AvgIpc) is 2.54. The van der Waals surface area contributed by atoms with Crippen LogP contribution in [0.5, 0.6) is 0 Å². The number of nitrogens with zero attached hydrogens (tertiary/aromatic N) is 4. The van der Waals surface area contributed by atoms with Crippen LogP contribution < -0.4 is 21.5 Å². The molecule has 0 amide bonds. The summed E-state index contributed by atoms with van der Waals surface area (Å²) >= 11 is 0. The van der Waals surface area contributed by atoms with Crippen molar-refractivity contribution in [2.24, 2.45) is 11.6 Å². The smallest absolute Gasteiger partial charge is 0.169 e. The van der Waals surface area contributed by atoms with Crippen LogP contribution in [0.15, 0.2) is 18.3 Å². The molecule has 1 aliphatic rings. The van der Waals surface area contributed by atoms with Gasteiger partial charge in [0.25, 0.3) is 0 Å². The largest absolute Gasteiger partial charge is 0.339 e. The lowest BCUT2D eigenvalue weighted by Crippen LogP contribution is -2.51. The third-order valence-corrected chi connectivity index (χ3v) is 3.11. The maximum absolute atomic E-state index is 6.00. The number of benzene rings is 1. The minimum Gasteiger partial charge on any atom is -0.339 e. The van der Waals surface area contributed by atoms with Gasteiger partial charge < -0.3 is 4.90 Å². The topological polar surface area (TPSA) is 84.3 Å². The van der Waals surface area contributed by atoms with Gasteiger partial charge in [-0.05, 0) is 19.1 Å². The fraction of sp³-hybridized carbons (Fsp3) is 0.273. The van der Waals surface area contributed by atoms with Crippen LogP contribution in [-0.4, -0.2) is 23.3 Å². The van der Waals surface area contributed by atoms with E-state index >= 15 is 0 Å². The number of hydrogen-bond acceptors (Lipinski definition) is 6. The van der Waals surface area contributed by atoms with E-state index in [1.165, 1.54) is 5.01 Å². The lowest BCUT2D eigenvalue weighted by atomic mass is 10.2. The van der Waals surface area contributed by atoms with E-state index in [1.807, 2.05) is 31.0 Å². The Hall–Kier alpha value is -1.92. The third-order valence-electron chi connectivity index (χ3n) is 3.11. The Kier molecular flexibility index (Phi) is 1.98. The minimum absolute atomic E-state index is 0.363. The van der Waals surface area contributed by atoms with Crippen molar-refractivity contribution < 1.29 is 0 Å². The first-order valence-electron chi connectivity index (χ1n) is 5.38. The number of hydrazine groups is 1. The van der Waals surface area contributed by atoms with Crippen molar-refractivity contribution in [1.82, 2.24) is 9.97 Å². The Labute approximate surface area is 98.8 Å². The molecular formula is C11H14N6. The first kappa shape index (κ1) is 10.2. The molecule has 1 aromatic carbocycles. The Morgan fingerprint density at radius 3 is 2.88 bits per heavy atom. The molecule has 1 unspecified atom stereocenters. The number of hydrogen-bond donors (Lipinski definition) is 2. The molecule has 0 saturated heterocycles. The van der Waals surface area contributed by atoms with Crippen LogP contribution in [0, 0.1) is 6.92 Å². The fourth-order valence-electron chi connectivity index (χ4n) is 2.14. The van der Waals surface area contributed by atoms with Gasteiger partial charge in [0.05, 0.1) is 16.9 Å². The normalized spacial score (nSPS) is 18.9. The molecule has 1 atom stereocenters. The van der Waals surface area contributed by atoms with Gasteiger partial charge in [0.1, 0.15) is 11.2 Å². The molecule has 0 spiro atoms. The number of fused-ring (bicyclic) bond motifs is 3. The molecule has 2 aromatic rings. The van der Waals surface area contributed by atoms with E-state index < -0.39 is 0 Å². The summed E-state index contributed by atoms with van der Waals surface area (Å²) < 4.78 is 0. The zero-order valence-corrected chi connectivity index (χ0v) is 9.75. The van der Waals surface area contributed by atoms with Gasteiger partial charge in [0, 0.05) is 13.2 Å². The quantitative estimate of drug-likeness (QED) is 0.634. The Bertz CT molecular complexity index is 596. The first-order valence-corrected chi connectivity index (χ1v) is 5.38. The number of rotatable bonds is 0. The van der Waals surface area contributed by atoms with Gasteiger partial charge in [-0.3, -0.25) is 15.7 Å². The molecule has 4 N–H and O–H groups in total. The van der Waals surface area contributed by atoms with Crippen LogP contribution in [-0.2, 0) is 0 Å². The molecule has 0 radical (unpaired) electrons. The fourth-order valence-corrected chi connectivity index (χ4v) is 2.14. The maximum Gasteiger partial charge on any atom is 0.169 e. The second kappa shape index (κ2) is 3.28. The van der Waals surface area contributed by atoms with Crippen molar-refractivity contribution in [3.8, 4) is 0 Å². The van der Waals surface area contributed by atoms with Crippen LogP contribution in [0.2, 0.25) is 0 Å². The summed E-state index contributed by atoms with van der Waals surface area (Å²) in [5.41, 5.74) is 10.3. The molecule has 3 rings (SSSR count). The number of anilines is 2. The molecule has 2 heterocycles. The lowest BCUT2D eigenvalue weighted by molar-refractivity contribution is 0.650. The number of aryl methyl sites for hydroxylation is 1. The maximum atomic E-state index is 6.00. The van der Waals surface area contributed by atoms with Crippen molar-refractivity contribution >= 4 is 22.4 Å². The van der Waals surface area contributed by atoms with Crippen LogP contribution in [0.3, 0.4) is 0 Å². The van der Waals surface area contributed by atoms with E-state index in [9.17, 15) is 0 Å². The van der Waals surface area contributed by atoms with E-state index in [0.717, 1.165) is 28.1 Å². The van der Waals surface area contributed by atoms with Gasteiger partial charge in [-0.15, -0.1) is 0 Å². The summed E-state index contributed by atoms with van der Waals surface area (Å²) in [5, 5.41) is 1.53. The van der Waals surface area contributed by atoms with Gasteiger partial charge in [-0.2, -0.15) is 0 Å². The van der Waals surface area contributed by atoms with Crippen LogP contribution in [0.1, 0.15) is 5.69 Å². The van der Waals surface area contributed by atoms with E-state index in [0.29, 0.717) is 0 Å². The molecule has 0 saturated carbocycles. The van der Waals surface area contributed by atoms with Crippen molar-refractivity contribution in [3.63, 3.8) is 0 Å². The van der Waals surface area contributed by atoms with E-state index in [1.54, 1.807) is 6.20 Å². The number of nitrogens with two attached hydrogens (primary N) is 2. The van der Waals surface area contributed by atoms with Crippen LogP contribution in [0.4, 0.5) is 11.4 Å². The summed E-state index contributed by atoms with van der Waals surface area (Å²) in [6.45, 7) is 1.91. The minimum atomic E-state index is -0.363. The Morgan fingerprint density at radius 2 is 2.12 bits per heavy atom. The average molecular weight is 230 g/mol. The molecule has 17 heavy (non-hydrogen) atoms. The highest BCUT2D eigenvalue weighted by molar-refractivity contribution is 5.98. The summed E-state index contributed by atoms with van der Waals surface area (Å²) in [6.07, 6.45) is 1.38. The van der Waals surface area contributed by atoms with Crippen LogP contribution >= 0.6 is 0 Å². The molecule has 6 heteroatoms. The van der Waals surface area contributed by atoms with Gasteiger partial charge >= 0.3 is 0 Å². The van der Waals surface area contributed by atoms with Crippen molar-refractivity contribution in [1.29, 1.82) is 0 Å². The van der Waals surface area contributed by atoms with E-state index in [-0.39, 0.29) is 6.29 Å². The van der Waals surface area contributed by atoms with E-state index in [2.05, 4.69) is 9.97 Å². The molecule has 0 fully saturated rings. The monoisotopic (exact) mass is 230 g/mol. The molecular weight excluding hydrogens is 216 g/mol. The molecule has 1 aromatic heterocycles. The third kappa shape index (κ3) is 1.28. The van der Waals surface area contributed by atoms with Gasteiger partial charge in [-0.25, -0.2) is 10.8 Å². The Morgan fingerprint density at radius 1 is 1.35 bits per heavy atom. The molecule has 1 aliphatic heterocycles. The summed E-state index contributed by atoms with van der Waals surface area (Å²) in [4.78, 5) is 10.8. The predicted octanol–water partition coefficient (Wildman–Crippen LogP) is 0.310. The van der Waals surface area contributed by atoms with E-state index in [4.69, 9.17) is 11.6 Å². The highest BCUT2D eigenvalue weighted by Crippen LogP contribution is 2.39. The summed E-state index contributed by atoms with van der Waals surface area (Å²) in [6, 6.07) is 3.90. The number of aromatic nitrogens is 2. The standard InChI is InChI=1S/C11H14N6/c1-6-5-14-7-3-4-8-10(9(7)15-6)17(13)11(12)16(8)2/h3-5,11H,12-13H2,1-2H3. The summed E-state index contributed by atoms with van der Waals surface area (Å²) in [7, 11) is 1.91. The zero-order chi connectivity index (χ0) is 12.2. The predicted molar refractivity (Wildman–Crippen MR) is 67.3 cm³/mol. The lowest BCUT2D eigenvalue weighted by Gasteiger charge is -2.22. The molecule has 0 bridgehead atoms. The van der Waals surface area contributed by atoms with Crippen LogP contribution in [0.25, 0.3) is 11.0 Å². The van der Waals surface area contributed by atoms with Crippen molar-refractivity contribution in [2.45, 2.75) is 13.2 Å². The van der Waals surface area contributed by atoms with Gasteiger partial charge in [0.2, 0.25) is 0 Å². The van der Waals surface area contributed by atoms with Crippen molar-refractivity contribution in [2.75, 3.05) is 17.0 Å². The second-order valence-electron chi connectivity index (χ2n) is 4.24. The second-order valence-corrected chi connectivity index (χ2v) is 4.24. The van der Waals surface area contributed by atoms with Gasteiger partial charge in [-0.1, -0.05) is 0 Å². The molecule has 0 aliphatic carbocycles. The van der Waals surface area contributed by atoms with Gasteiger partial charge in [0.15, 0.2) is 6.29 Å². The first-order chi connectivity index (χ1) is 8.09. The highest BCUT2D eigenvalue weighted by atomic mass is 15.6. The SMILES string of the molecule is Cc1cnc2ccc3c(c2n1)N(N)C(N)N3C. The summed E-state index contributed by atoms with van der Waals surface area (Å²) in [5.74, 6) is 6.00. The Balaban J connectivity index is 2.37. The zero-order valence-electron chi connectivity index (χ0n) is 9.75.